The van der Waals surface area contributed by atoms with Crippen LogP contribution in [0.3, 0.4) is 0 Å². The third-order valence-electron chi connectivity index (χ3n) is 3.60. The van der Waals surface area contributed by atoms with Crippen molar-refractivity contribution in [2.75, 3.05) is 32.5 Å². The van der Waals surface area contributed by atoms with Crippen LogP contribution in [-0.4, -0.2) is 48.8 Å². The molecule has 0 aliphatic rings. The van der Waals surface area contributed by atoms with Crippen molar-refractivity contribution in [1.82, 2.24) is 9.80 Å². The Labute approximate surface area is 157 Å². The van der Waals surface area contributed by atoms with Gasteiger partial charge in [0.25, 0.3) is 0 Å². The van der Waals surface area contributed by atoms with Crippen molar-refractivity contribution in [3.8, 4) is 0 Å². The van der Waals surface area contributed by atoms with Gasteiger partial charge in [0.2, 0.25) is 11.8 Å². The molecule has 1 N–H and O–H groups in total. The fraction of sp³-hybridized carbons (Fsp3) is 0.333. The van der Waals surface area contributed by atoms with Gasteiger partial charge in [-0.25, -0.2) is 0 Å². The monoisotopic (exact) mass is 379 g/mol. The number of carbonyl (C=O) groups is 2. The van der Waals surface area contributed by atoms with E-state index in [1.807, 2.05) is 55.3 Å². The summed E-state index contributed by atoms with van der Waals surface area (Å²) in [5, 5.41) is 2.79. The molecule has 0 fully saturated rings. The van der Waals surface area contributed by atoms with Crippen LogP contribution >= 0.6 is 22.9 Å². The Hall–Kier alpha value is -1.89. The molecule has 0 saturated heterocycles. The van der Waals surface area contributed by atoms with Gasteiger partial charge in [0, 0.05) is 24.2 Å². The number of nitrogens with one attached hydrogen (secondary N) is 1. The Morgan fingerprint density at radius 3 is 2.36 bits per heavy atom. The topological polar surface area (TPSA) is 52.7 Å². The van der Waals surface area contributed by atoms with E-state index in [1.54, 1.807) is 7.05 Å². The van der Waals surface area contributed by atoms with Crippen LogP contribution in [-0.2, 0) is 16.1 Å². The summed E-state index contributed by atoms with van der Waals surface area (Å²) in [5.74, 6) is -0.323. The van der Waals surface area contributed by atoms with Crippen LogP contribution in [0.2, 0.25) is 4.34 Å². The summed E-state index contributed by atoms with van der Waals surface area (Å²) in [6.45, 7) is 2.89. The second-order valence-corrected chi connectivity index (χ2v) is 7.84. The number of aryl methyl sites for hydroxylation is 1. The zero-order valence-corrected chi connectivity index (χ0v) is 16.2. The van der Waals surface area contributed by atoms with E-state index in [9.17, 15) is 9.59 Å². The van der Waals surface area contributed by atoms with Crippen molar-refractivity contribution in [3.05, 3.63) is 51.2 Å². The van der Waals surface area contributed by atoms with Gasteiger partial charge in [-0.1, -0.05) is 29.3 Å². The Morgan fingerprint density at radius 1 is 1.08 bits per heavy atom. The molecule has 25 heavy (non-hydrogen) atoms. The second kappa shape index (κ2) is 8.99. The Bertz CT molecular complexity index is 730. The lowest BCUT2D eigenvalue weighted by atomic mass is 10.2. The summed E-state index contributed by atoms with van der Waals surface area (Å²) in [4.78, 5) is 28.8. The number of benzene rings is 1. The van der Waals surface area contributed by atoms with Crippen LogP contribution in [0.4, 0.5) is 5.69 Å². The minimum absolute atomic E-state index is 0.0192. The van der Waals surface area contributed by atoms with Crippen molar-refractivity contribution in [1.29, 1.82) is 0 Å². The molecule has 134 valence electrons. The smallest absolute Gasteiger partial charge is 0.243 e. The molecule has 1 aromatic heterocycles. The van der Waals surface area contributed by atoms with E-state index in [4.69, 9.17) is 11.6 Å². The first-order valence-corrected chi connectivity index (χ1v) is 9.06. The fourth-order valence-electron chi connectivity index (χ4n) is 2.25. The highest BCUT2D eigenvalue weighted by Crippen LogP contribution is 2.22. The molecule has 2 rings (SSSR count). The lowest BCUT2D eigenvalue weighted by Crippen LogP contribution is -2.40. The maximum atomic E-state index is 12.3. The van der Waals surface area contributed by atoms with Gasteiger partial charge in [-0.15, -0.1) is 11.3 Å². The average Bonchev–Trinajstić information content (AvgIpc) is 2.94. The highest BCUT2D eigenvalue weighted by atomic mass is 35.5. The summed E-state index contributed by atoms with van der Waals surface area (Å²) >= 11 is 7.41. The zero-order chi connectivity index (χ0) is 18.4. The first-order chi connectivity index (χ1) is 11.8. The Balaban J connectivity index is 1.78. The van der Waals surface area contributed by atoms with Gasteiger partial charge < -0.3 is 10.2 Å². The highest BCUT2D eigenvalue weighted by molar-refractivity contribution is 7.16. The van der Waals surface area contributed by atoms with E-state index >= 15 is 0 Å². The predicted octanol–water partition coefficient (Wildman–Crippen LogP) is 3.24. The number of hydrogen-bond acceptors (Lipinski definition) is 4. The van der Waals surface area contributed by atoms with Crippen molar-refractivity contribution in [2.24, 2.45) is 0 Å². The number of hydrogen-bond donors (Lipinski definition) is 1. The van der Waals surface area contributed by atoms with Crippen LogP contribution in [0.15, 0.2) is 36.4 Å². The maximum absolute atomic E-state index is 12.3. The molecule has 0 bridgehead atoms. The van der Waals surface area contributed by atoms with Gasteiger partial charge in [0.1, 0.15) is 0 Å². The van der Waals surface area contributed by atoms with Gasteiger partial charge in [-0.3, -0.25) is 14.5 Å². The fourth-order valence-corrected chi connectivity index (χ4v) is 3.42. The number of likely N-dealkylation sites (N-methyl/N-ethyl adjacent to an activating group) is 2. The van der Waals surface area contributed by atoms with Crippen LogP contribution in [0, 0.1) is 6.92 Å². The number of carbonyl (C=O) groups excluding carboxylic acids is 2. The summed E-state index contributed by atoms with van der Waals surface area (Å²) < 4.78 is 0.736. The molecule has 0 radical (unpaired) electrons. The molecule has 1 aromatic carbocycles. The number of thiophene rings is 1. The minimum Gasteiger partial charge on any atom is -0.335 e. The molecular formula is C18H22ClN3O2S. The van der Waals surface area contributed by atoms with E-state index in [-0.39, 0.29) is 24.9 Å². The SMILES string of the molecule is Cc1ccc(NC(=O)CN(C)C(=O)CN(C)Cc2ccc(Cl)s2)cc1. The van der Waals surface area contributed by atoms with Crippen molar-refractivity contribution >= 4 is 40.4 Å². The lowest BCUT2D eigenvalue weighted by molar-refractivity contribution is -0.134. The van der Waals surface area contributed by atoms with Crippen molar-refractivity contribution in [3.63, 3.8) is 0 Å². The third kappa shape index (κ3) is 6.49. The third-order valence-corrected chi connectivity index (χ3v) is 4.82. The highest BCUT2D eigenvalue weighted by Gasteiger charge is 2.15. The Morgan fingerprint density at radius 2 is 1.76 bits per heavy atom. The molecule has 7 heteroatoms. The van der Waals surface area contributed by atoms with Crippen LogP contribution < -0.4 is 5.32 Å². The number of halogens is 1. The summed E-state index contributed by atoms with van der Waals surface area (Å²) in [6, 6.07) is 11.3. The van der Waals surface area contributed by atoms with Crippen LogP contribution in [0.25, 0.3) is 0 Å². The van der Waals surface area contributed by atoms with E-state index in [2.05, 4.69) is 5.32 Å². The number of nitrogens with zero attached hydrogens (tertiary/aromatic N) is 2. The first-order valence-electron chi connectivity index (χ1n) is 7.86. The molecule has 5 nitrogen and oxygen atoms in total. The predicted molar refractivity (Wildman–Crippen MR) is 103 cm³/mol. The van der Waals surface area contributed by atoms with E-state index < -0.39 is 0 Å². The van der Waals surface area contributed by atoms with Gasteiger partial charge in [0.15, 0.2) is 0 Å². The molecule has 1 heterocycles. The lowest BCUT2D eigenvalue weighted by Gasteiger charge is -2.21. The van der Waals surface area contributed by atoms with E-state index in [0.717, 1.165) is 20.5 Å². The molecule has 2 amide bonds. The first kappa shape index (κ1) is 19.4. The van der Waals surface area contributed by atoms with Gasteiger partial charge in [-0.2, -0.15) is 0 Å². The quantitative estimate of drug-likeness (QED) is 0.803. The standard InChI is InChI=1S/C18H22ClN3O2S/c1-13-4-6-14(7-5-13)20-17(23)11-22(3)18(24)12-21(2)10-15-8-9-16(19)25-15/h4-9H,10-12H2,1-3H3,(H,20,23). The van der Waals surface area contributed by atoms with Crippen molar-refractivity contribution < 1.29 is 9.59 Å². The average molecular weight is 380 g/mol. The van der Waals surface area contributed by atoms with Crippen molar-refractivity contribution in [2.45, 2.75) is 13.5 Å². The molecule has 0 atom stereocenters. The minimum atomic E-state index is -0.215. The van der Waals surface area contributed by atoms with E-state index in [0.29, 0.717) is 6.54 Å². The zero-order valence-electron chi connectivity index (χ0n) is 14.6. The molecule has 0 aliphatic carbocycles. The van der Waals surface area contributed by atoms with Gasteiger partial charge >= 0.3 is 0 Å². The second-order valence-electron chi connectivity index (χ2n) is 6.04. The number of amides is 2. The maximum Gasteiger partial charge on any atom is 0.243 e. The van der Waals surface area contributed by atoms with Gasteiger partial charge in [0.05, 0.1) is 17.4 Å². The van der Waals surface area contributed by atoms with E-state index in [1.165, 1.54) is 16.2 Å². The normalized spacial score (nSPS) is 10.8. The number of rotatable bonds is 7. The molecule has 0 spiro atoms. The van der Waals surface area contributed by atoms with Crippen LogP contribution in [0.5, 0.6) is 0 Å². The molecule has 0 unspecified atom stereocenters. The molecule has 2 aromatic rings. The Kier molecular flexibility index (Phi) is 6.99. The molecular weight excluding hydrogens is 358 g/mol. The molecule has 0 aliphatic heterocycles. The summed E-state index contributed by atoms with van der Waals surface area (Å²) in [7, 11) is 3.50. The summed E-state index contributed by atoms with van der Waals surface area (Å²) in [5.41, 5.74) is 1.85. The summed E-state index contributed by atoms with van der Waals surface area (Å²) in [6.07, 6.45) is 0. The number of anilines is 1. The van der Waals surface area contributed by atoms with Gasteiger partial charge in [-0.05, 0) is 38.2 Å². The van der Waals surface area contributed by atoms with Crippen LogP contribution in [0.1, 0.15) is 10.4 Å². The molecule has 0 saturated carbocycles. The largest absolute Gasteiger partial charge is 0.335 e.